The van der Waals surface area contributed by atoms with Crippen LogP contribution in [0.4, 0.5) is 0 Å². The molecular formula is C17H18Cl2N2O2. The lowest BCUT2D eigenvalue weighted by molar-refractivity contribution is -0.116. The van der Waals surface area contributed by atoms with Crippen molar-refractivity contribution in [3.8, 4) is 0 Å². The number of likely N-dealkylation sites (N-methyl/N-ethyl adjacent to an activating group) is 1. The second kappa shape index (κ2) is 8.20. The van der Waals surface area contributed by atoms with Crippen LogP contribution in [0.5, 0.6) is 0 Å². The molecule has 0 saturated carbocycles. The van der Waals surface area contributed by atoms with Gasteiger partial charge in [0.25, 0.3) is 0 Å². The fourth-order valence-corrected chi connectivity index (χ4v) is 2.44. The van der Waals surface area contributed by atoms with E-state index >= 15 is 0 Å². The molecule has 0 aliphatic heterocycles. The van der Waals surface area contributed by atoms with Gasteiger partial charge in [-0.15, -0.1) is 0 Å². The smallest absolute Gasteiger partial charge is 0.244 e. The number of halogens is 2. The quantitative estimate of drug-likeness (QED) is 0.798. The highest BCUT2D eigenvalue weighted by atomic mass is 35.5. The number of hydrogen-bond donors (Lipinski definition) is 1. The van der Waals surface area contributed by atoms with Crippen LogP contribution in [0.1, 0.15) is 17.4 Å². The molecule has 0 spiro atoms. The second-order valence-electron chi connectivity index (χ2n) is 5.24. The summed E-state index contributed by atoms with van der Waals surface area (Å²) in [6, 6.07) is 8.79. The van der Waals surface area contributed by atoms with Crippen molar-refractivity contribution in [3.05, 3.63) is 64.0 Å². The fourth-order valence-electron chi connectivity index (χ4n) is 2.08. The summed E-state index contributed by atoms with van der Waals surface area (Å²) < 4.78 is 5.40. The van der Waals surface area contributed by atoms with E-state index in [4.69, 9.17) is 27.6 Å². The Bertz CT molecular complexity index is 682. The molecule has 122 valence electrons. The van der Waals surface area contributed by atoms with Crippen LogP contribution in [0.2, 0.25) is 10.0 Å². The van der Waals surface area contributed by atoms with Crippen LogP contribution in [0.3, 0.4) is 0 Å². The third kappa shape index (κ3) is 5.13. The van der Waals surface area contributed by atoms with Crippen molar-refractivity contribution in [2.45, 2.75) is 6.04 Å². The standard InChI is InChI=1S/C17H18Cl2N2O2/c1-21(2)15(16-4-3-9-23-16)11-20-17(22)8-5-12-10-13(18)6-7-14(12)19/h3-10,15H,11H2,1-2H3,(H,20,22)/b8-5+. The van der Waals surface area contributed by atoms with Crippen molar-refractivity contribution in [2.24, 2.45) is 0 Å². The lowest BCUT2D eigenvalue weighted by Gasteiger charge is -2.22. The summed E-state index contributed by atoms with van der Waals surface area (Å²) in [6.45, 7) is 0.437. The molecule has 2 aromatic rings. The predicted octanol–water partition coefficient (Wildman–Crippen LogP) is 4.02. The Kier molecular flexibility index (Phi) is 6.28. The third-order valence-corrected chi connectivity index (χ3v) is 3.92. The minimum atomic E-state index is -0.209. The zero-order valence-electron chi connectivity index (χ0n) is 12.9. The van der Waals surface area contributed by atoms with Gasteiger partial charge in [0.1, 0.15) is 5.76 Å². The van der Waals surface area contributed by atoms with E-state index in [1.807, 2.05) is 31.1 Å². The number of nitrogens with zero attached hydrogens (tertiary/aromatic N) is 1. The van der Waals surface area contributed by atoms with Crippen LogP contribution in [0.15, 0.2) is 47.1 Å². The molecule has 6 heteroatoms. The van der Waals surface area contributed by atoms with Crippen molar-refractivity contribution in [1.82, 2.24) is 10.2 Å². The summed E-state index contributed by atoms with van der Waals surface area (Å²) in [7, 11) is 3.86. The average molecular weight is 353 g/mol. The van der Waals surface area contributed by atoms with Crippen molar-refractivity contribution < 1.29 is 9.21 Å². The SMILES string of the molecule is CN(C)C(CNC(=O)/C=C/c1cc(Cl)ccc1Cl)c1ccco1. The van der Waals surface area contributed by atoms with E-state index in [0.29, 0.717) is 22.2 Å². The molecule has 0 aliphatic rings. The molecule has 1 aromatic carbocycles. The predicted molar refractivity (Wildman–Crippen MR) is 93.6 cm³/mol. The van der Waals surface area contributed by atoms with E-state index in [0.717, 1.165) is 5.76 Å². The van der Waals surface area contributed by atoms with Gasteiger partial charge in [-0.3, -0.25) is 9.69 Å². The summed E-state index contributed by atoms with van der Waals surface area (Å²) in [5, 5.41) is 3.96. The van der Waals surface area contributed by atoms with Gasteiger partial charge in [-0.25, -0.2) is 0 Å². The van der Waals surface area contributed by atoms with Gasteiger partial charge >= 0.3 is 0 Å². The summed E-state index contributed by atoms with van der Waals surface area (Å²) >= 11 is 12.0. The number of nitrogens with one attached hydrogen (secondary N) is 1. The van der Waals surface area contributed by atoms with Crippen LogP contribution < -0.4 is 5.32 Å². The summed E-state index contributed by atoms with van der Waals surface area (Å²) in [6.07, 6.45) is 4.70. The van der Waals surface area contributed by atoms with Crippen LogP contribution in [-0.4, -0.2) is 31.4 Å². The Morgan fingerprint density at radius 1 is 1.35 bits per heavy atom. The van der Waals surface area contributed by atoms with E-state index in [1.165, 1.54) is 6.08 Å². The minimum absolute atomic E-state index is 0.0305. The summed E-state index contributed by atoms with van der Waals surface area (Å²) in [4.78, 5) is 14.0. The molecule has 1 heterocycles. The molecule has 0 aliphatic carbocycles. The number of carbonyl (C=O) groups excluding carboxylic acids is 1. The number of benzene rings is 1. The maximum Gasteiger partial charge on any atom is 0.244 e. The van der Waals surface area contributed by atoms with E-state index in [2.05, 4.69) is 5.32 Å². The molecule has 1 N–H and O–H groups in total. The highest BCUT2D eigenvalue weighted by Gasteiger charge is 2.17. The minimum Gasteiger partial charge on any atom is -0.468 e. The molecule has 1 amide bonds. The second-order valence-corrected chi connectivity index (χ2v) is 6.08. The van der Waals surface area contributed by atoms with Crippen molar-refractivity contribution in [1.29, 1.82) is 0 Å². The summed E-state index contributed by atoms with van der Waals surface area (Å²) in [5.74, 6) is 0.594. The van der Waals surface area contributed by atoms with Gasteiger partial charge in [-0.1, -0.05) is 23.2 Å². The topological polar surface area (TPSA) is 45.5 Å². The average Bonchev–Trinajstić information content (AvgIpc) is 3.02. The normalized spacial score (nSPS) is 12.7. The Labute approximate surface area is 145 Å². The Morgan fingerprint density at radius 2 is 2.13 bits per heavy atom. The molecule has 1 atom stereocenters. The lowest BCUT2D eigenvalue weighted by Crippen LogP contribution is -2.33. The molecule has 4 nitrogen and oxygen atoms in total. The Hall–Kier alpha value is -1.75. The van der Waals surface area contributed by atoms with Crippen LogP contribution in [-0.2, 0) is 4.79 Å². The molecule has 23 heavy (non-hydrogen) atoms. The zero-order valence-corrected chi connectivity index (χ0v) is 14.4. The van der Waals surface area contributed by atoms with Gasteiger partial charge in [-0.05, 0) is 56.1 Å². The first-order chi connectivity index (χ1) is 11.0. The maximum absolute atomic E-state index is 12.0. The maximum atomic E-state index is 12.0. The Balaban J connectivity index is 1.96. The van der Waals surface area contributed by atoms with Gasteiger partial charge in [-0.2, -0.15) is 0 Å². The van der Waals surface area contributed by atoms with Crippen LogP contribution in [0.25, 0.3) is 6.08 Å². The van der Waals surface area contributed by atoms with Gasteiger partial charge in [0.15, 0.2) is 0 Å². The molecule has 0 fully saturated rings. The van der Waals surface area contributed by atoms with Crippen LogP contribution in [0, 0.1) is 0 Å². The first kappa shape index (κ1) is 17.6. The van der Waals surface area contributed by atoms with E-state index in [1.54, 1.807) is 30.5 Å². The molecule has 0 radical (unpaired) electrons. The molecular weight excluding hydrogens is 335 g/mol. The van der Waals surface area contributed by atoms with Gasteiger partial charge in [0.05, 0.1) is 12.3 Å². The summed E-state index contributed by atoms with van der Waals surface area (Å²) in [5.41, 5.74) is 0.699. The largest absolute Gasteiger partial charge is 0.468 e. The van der Waals surface area contributed by atoms with Crippen molar-refractivity contribution in [3.63, 3.8) is 0 Å². The highest BCUT2D eigenvalue weighted by molar-refractivity contribution is 6.34. The molecule has 1 unspecified atom stereocenters. The van der Waals surface area contributed by atoms with E-state index in [9.17, 15) is 4.79 Å². The van der Waals surface area contributed by atoms with Gasteiger partial charge < -0.3 is 9.73 Å². The molecule has 1 aromatic heterocycles. The first-order valence-electron chi connectivity index (χ1n) is 7.08. The lowest BCUT2D eigenvalue weighted by atomic mass is 10.2. The van der Waals surface area contributed by atoms with Gasteiger partial charge in [0, 0.05) is 22.7 Å². The first-order valence-corrected chi connectivity index (χ1v) is 7.84. The number of hydrogen-bond acceptors (Lipinski definition) is 3. The number of amides is 1. The monoisotopic (exact) mass is 352 g/mol. The van der Waals surface area contributed by atoms with Crippen molar-refractivity contribution in [2.75, 3.05) is 20.6 Å². The Morgan fingerprint density at radius 3 is 2.78 bits per heavy atom. The number of rotatable bonds is 6. The van der Waals surface area contributed by atoms with Gasteiger partial charge in [0.2, 0.25) is 5.91 Å². The molecule has 2 rings (SSSR count). The molecule has 0 saturated heterocycles. The van der Waals surface area contributed by atoms with Crippen LogP contribution >= 0.6 is 23.2 Å². The highest BCUT2D eigenvalue weighted by Crippen LogP contribution is 2.22. The fraction of sp³-hybridized carbons (Fsp3) is 0.235. The zero-order chi connectivity index (χ0) is 16.8. The van der Waals surface area contributed by atoms with E-state index in [-0.39, 0.29) is 11.9 Å². The number of carbonyl (C=O) groups is 1. The van der Waals surface area contributed by atoms with E-state index < -0.39 is 0 Å². The molecule has 0 bridgehead atoms. The third-order valence-electron chi connectivity index (χ3n) is 3.34. The van der Waals surface area contributed by atoms with Crippen molar-refractivity contribution >= 4 is 35.2 Å². The number of furan rings is 1.